The number of rotatable bonds is 4. The molecule has 0 amide bonds. The smallest absolute Gasteiger partial charge is 0.346 e. The Morgan fingerprint density at radius 1 is 1.22 bits per heavy atom. The summed E-state index contributed by atoms with van der Waals surface area (Å²) in [5.74, 6) is -1.34. The monoisotopic (exact) mass is 242 g/mol. The normalized spacial score (nSPS) is 11.3. The molecule has 3 nitrogen and oxygen atoms in total. The van der Waals surface area contributed by atoms with Crippen molar-refractivity contribution in [2.24, 2.45) is 0 Å². The molecule has 1 rings (SSSR count). The first kappa shape index (κ1) is 13.6. The predicted molar refractivity (Wildman–Crippen MR) is 70.0 cm³/mol. The summed E-state index contributed by atoms with van der Waals surface area (Å²) in [7, 11) is 0. The van der Waals surface area contributed by atoms with E-state index in [2.05, 4.69) is 6.58 Å². The minimum Gasteiger partial charge on any atom is -0.386 e. The van der Waals surface area contributed by atoms with Crippen molar-refractivity contribution in [3.63, 3.8) is 0 Å². The Bertz CT molecular complexity index is 496. The maximum Gasteiger partial charge on any atom is 0.346 e. The molecule has 0 spiro atoms. The Morgan fingerprint density at radius 2 is 1.89 bits per heavy atom. The lowest BCUT2D eigenvalue weighted by Crippen LogP contribution is -2.13. The Morgan fingerprint density at radius 3 is 2.44 bits per heavy atom. The maximum absolute atomic E-state index is 11.7. The van der Waals surface area contributed by atoms with Crippen LogP contribution < -0.4 is 0 Å². The molecular formula is C15H14O3. The van der Waals surface area contributed by atoms with Gasteiger partial charge in [-0.3, -0.25) is 0 Å². The van der Waals surface area contributed by atoms with E-state index in [-0.39, 0.29) is 0 Å². The second-order valence-electron chi connectivity index (χ2n) is 3.38. The highest BCUT2D eigenvalue weighted by Gasteiger charge is 2.14. The zero-order chi connectivity index (χ0) is 13.4. The molecule has 0 unspecified atom stereocenters. The highest BCUT2D eigenvalue weighted by atomic mass is 16.6. The van der Waals surface area contributed by atoms with Crippen molar-refractivity contribution in [2.75, 3.05) is 0 Å². The number of ether oxygens (including phenoxy) is 1. The topological polar surface area (TPSA) is 43.4 Å². The molecule has 18 heavy (non-hydrogen) atoms. The number of carbonyl (C=O) groups is 2. The average molecular weight is 242 g/mol. The van der Waals surface area contributed by atoms with Crippen molar-refractivity contribution in [3.8, 4) is 0 Å². The molecule has 0 aliphatic carbocycles. The molecule has 0 aliphatic rings. The third kappa shape index (κ3) is 3.87. The Kier molecular flexibility index (Phi) is 5.32. The molecule has 3 heteroatoms. The third-order valence-corrected chi connectivity index (χ3v) is 2.15. The summed E-state index contributed by atoms with van der Waals surface area (Å²) in [6.45, 7) is 5.19. The number of hydrogen-bond acceptors (Lipinski definition) is 3. The Hall–Kier alpha value is -2.42. The first-order chi connectivity index (χ1) is 8.69. The van der Waals surface area contributed by atoms with E-state index in [0.717, 1.165) is 0 Å². The van der Waals surface area contributed by atoms with Crippen molar-refractivity contribution >= 4 is 11.9 Å². The average Bonchev–Trinajstić information content (AvgIpc) is 2.40. The van der Waals surface area contributed by atoms with Gasteiger partial charge in [-0.25, -0.2) is 9.59 Å². The molecule has 1 aromatic carbocycles. The molecular weight excluding hydrogens is 228 g/mol. The van der Waals surface area contributed by atoms with E-state index in [1.807, 2.05) is 0 Å². The van der Waals surface area contributed by atoms with Crippen molar-refractivity contribution in [1.82, 2.24) is 0 Å². The van der Waals surface area contributed by atoms with Crippen LogP contribution in [0.5, 0.6) is 0 Å². The molecule has 0 bridgehead atoms. The molecule has 0 N–H and O–H groups in total. The van der Waals surface area contributed by atoms with Crippen LogP contribution in [0.25, 0.3) is 0 Å². The molecule has 0 aromatic heterocycles. The van der Waals surface area contributed by atoms with Gasteiger partial charge < -0.3 is 4.74 Å². The molecule has 0 atom stereocenters. The highest BCUT2D eigenvalue weighted by molar-refractivity contribution is 6.03. The van der Waals surface area contributed by atoms with E-state index in [1.165, 1.54) is 12.2 Å². The number of esters is 2. The lowest BCUT2D eigenvalue weighted by atomic mass is 10.2. The van der Waals surface area contributed by atoms with Crippen molar-refractivity contribution in [2.45, 2.75) is 6.92 Å². The molecule has 0 fully saturated rings. The van der Waals surface area contributed by atoms with Gasteiger partial charge in [0.1, 0.15) is 0 Å². The number of benzene rings is 1. The zero-order valence-corrected chi connectivity index (χ0v) is 10.1. The van der Waals surface area contributed by atoms with Gasteiger partial charge in [0.25, 0.3) is 0 Å². The highest BCUT2D eigenvalue weighted by Crippen LogP contribution is 2.06. The lowest BCUT2D eigenvalue weighted by Gasteiger charge is -2.03. The van der Waals surface area contributed by atoms with Crippen molar-refractivity contribution in [1.29, 1.82) is 0 Å². The van der Waals surface area contributed by atoms with Crippen LogP contribution in [-0.2, 0) is 9.53 Å². The molecule has 1 aromatic rings. The first-order valence-corrected chi connectivity index (χ1v) is 5.46. The largest absolute Gasteiger partial charge is 0.386 e. The fraction of sp³-hybridized carbons (Fsp3) is 0.0667. The van der Waals surface area contributed by atoms with Crippen molar-refractivity contribution in [3.05, 3.63) is 72.4 Å². The minimum atomic E-state index is -0.676. The molecule has 0 saturated heterocycles. The Balaban J connectivity index is 2.73. The van der Waals surface area contributed by atoms with Gasteiger partial charge in [0.15, 0.2) is 0 Å². The second kappa shape index (κ2) is 7.01. The van der Waals surface area contributed by atoms with Gasteiger partial charge in [-0.2, -0.15) is 0 Å². The van der Waals surface area contributed by atoms with Crippen molar-refractivity contribution < 1.29 is 14.3 Å². The van der Waals surface area contributed by atoms with Crippen LogP contribution in [-0.4, -0.2) is 11.9 Å². The van der Waals surface area contributed by atoms with E-state index in [9.17, 15) is 9.59 Å². The summed E-state index contributed by atoms with van der Waals surface area (Å²) >= 11 is 0. The maximum atomic E-state index is 11.7. The summed E-state index contributed by atoms with van der Waals surface area (Å²) < 4.78 is 4.75. The minimum absolute atomic E-state index is 0.305. The molecule has 0 radical (unpaired) electrons. The van der Waals surface area contributed by atoms with E-state index in [4.69, 9.17) is 4.74 Å². The predicted octanol–water partition coefficient (Wildman–Crippen LogP) is 3.06. The molecule has 0 aliphatic heterocycles. The fourth-order valence-corrected chi connectivity index (χ4v) is 1.23. The van der Waals surface area contributed by atoms with Crippen LogP contribution in [0.4, 0.5) is 0 Å². The quantitative estimate of drug-likeness (QED) is 0.353. The van der Waals surface area contributed by atoms with E-state index >= 15 is 0 Å². The zero-order valence-electron chi connectivity index (χ0n) is 10.1. The molecule has 0 saturated carbocycles. The van der Waals surface area contributed by atoms with E-state index in [1.54, 1.807) is 49.4 Å². The van der Waals surface area contributed by atoms with E-state index in [0.29, 0.717) is 11.1 Å². The van der Waals surface area contributed by atoms with Crippen LogP contribution in [0.15, 0.2) is 66.8 Å². The molecule has 92 valence electrons. The van der Waals surface area contributed by atoms with Crippen LogP contribution >= 0.6 is 0 Å². The van der Waals surface area contributed by atoms with Gasteiger partial charge in [-0.15, -0.1) is 0 Å². The number of allylic oxidation sites excluding steroid dienone is 3. The summed E-state index contributed by atoms with van der Waals surface area (Å²) in [6.07, 6.45) is 6.24. The van der Waals surface area contributed by atoms with Gasteiger partial charge >= 0.3 is 11.9 Å². The summed E-state index contributed by atoms with van der Waals surface area (Å²) in [5.41, 5.74) is 0.646. The summed E-state index contributed by atoms with van der Waals surface area (Å²) in [6, 6.07) is 8.36. The van der Waals surface area contributed by atoms with Crippen LogP contribution in [0.3, 0.4) is 0 Å². The van der Waals surface area contributed by atoms with E-state index < -0.39 is 11.9 Å². The third-order valence-electron chi connectivity index (χ3n) is 2.15. The van der Waals surface area contributed by atoms with Crippen LogP contribution in [0.2, 0.25) is 0 Å². The lowest BCUT2D eigenvalue weighted by molar-refractivity contribution is -0.133. The molecule has 0 heterocycles. The van der Waals surface area contributed by atoms with Gasteiger partial charge in [0.2, 0.25) is 0 Å². The first-order valence-electron chi connectivity index (χ1n) is 5.46. The van der Waals surface area contributed by atoms with Gasteiger partial charge in [0, 0.05) is 0 Å². The summed E-state index contributed by atoms with van der Waals surface area (Å²) in [4.78, 5) is 23.3. The van der Waals surface area contributed by atoms with Gasteiger partial charge in [-0.1, -0.05) is 43.0 Å². The van der Waals surface area contributed by atoms with Gasteiger partial charge in [0.05, 0.1) is 11.1 Å². The Labute approximate surface area is 106 Å². The number of hydrogen-bond donors (Lipinski definition) is 0. The van der Waals surface area contributed by atoms with Crippen LogP contribution in [0.1, 0.15) is 17.3 Å². The summed E-state index contributed by atoms with van der Waals surface area (Å²) in [5, 5.41) is 0. The second-order valence-corrected chi connectivity index (χ2v) is 3.38. The number of carbonyl (C=O) groups excluding carboxylic acids is 2. The SMILES string of the molecule is C=C/C=C\C(=C/C)C(=O)OC(=O)c1ccccc1. The fourth-order valence-electron chi connectivity index (χ4n) is 1.23. The standard InChI is InChI=1S/C15H14O3/c1-3-5-9-12(4-2)14(16)18-15(17)13-10-7-6-8-11-13/h3-11H,1H2,2H3/b9-5-,12-4+. The van der Waals surface area contributed by atoms with Gasteiger partial charge in [-0.05, 0) is 25.1 Å². The van der Waals surface area contributed by atoms with Crippen LogP contribution in [0, 0.1) is 0 Å².